The molecule has 0 aromatic carbocycles. The van der Waals surface area contributed by atoms with Crippen LogP contribution in [0.2, 0.25) is 0 Å². The molecular formula is C13H21N7O. The highest BCUT2D eigenvalue weighted by atomic mass is 16.3. The van der Waals surface area contributed by atoms with E-state index < -0.39 is 5.60 Å². The van der Waals surface area contributed by atoms with Gasteiger partial charge in [-0.25, -0.2) is 4.68 Å². The van der Waals surface area contributed by atoms with Crippen LogP contribution in [-0.2, 0) is 0 Å². The maximum absolute atomic E-state index is 10.2. The molecular weight excluding hydrogens is 270 g/mol. The minimum Gasteiger partial charge on any atom is -0.388 e. The molecule has 2 aromatic heterocycles. The number of aliphatic hydroxyl groups is 1. The maximum atomic E-state index is 10.2. The molecule has 0 aliphatic heterocycles. The molecule has 0 fully saturated rings. The van der Waals surface area contributed by atoms with Gasteiger partial charge in [0, 0.05) is 26.0 Å². The van der Waals surface area contributed by atoms with E-state index in [1.807, 2.05) is 6.92 Å². The monoisotopic (exact) mass is 291 g/mol. The zero-order chi connectivity index (χ0) is 15.3. The number of hydrogen-bond acceptors (Lipinski definition) is 7. The lowest BCUT2D eigenvalue weighted by atomic mass is 10.0. The number of hydrogen-bond donors (Lipinski definition) is 3. The predicted molar refractivity (Wildman–Crippen MR) is 80.5 cm³/mol. The first-order valence-corrected chi connectivity index (χ1v) is 6.94. The van der Waals surface area contributed by atoms with E-state index >= 15 is 0 Å². The molecule has 0 aliphatic carbocycles. The molecule has 0 saturated heterocycles. The van der Waals surface area contributed by atoms with Crippen LogP contribution in [0, 0.1) is 0 Å². The van der Waals surface area contributed by atoms with Crippen molar-refractivity contribution >= 4 is 11.9 Å². The van der Waals surface area contributed by atoms with E-state index in [0.717, 1.165) is 6.42 Å². The smallest absolute Gasteiger partial charge is 0.257 e. The molecule has 8 nitrogen and oxygen atoms in total. The van der Waals surface area contributed by atoms with Crippen LogP contribution in [0.25, 0.3) is 5.95 Å². The number of nitrogens with one attached hydrogen (secondary N) is 2. The fourth-order valence-corrected chi connectivity index (χ4v) is 1.94. The van der Waals surface area contributed by atoms with Crippen molar-refractivity contribution in [2.75, 3.05) is 24.2 Å². The van der Waals surface area contributed by atoms with Crippen LogP contribution < -0.4 is 10.6 Å². The van der Waals surface area contributed by atoms with Crippen LogP contribution in [0.4, 0.5) is 11.9 Å². The normalized spacial score (nSPS) is 13.7. The first kappa shape index (κ1) is 15.2. The van der Waals surface area contributed by atoms with Crippen molar-refractivity contribution in [1.29, 1.82) is 0 Å². The van der Waals surface area contributed by atoms with E-state index in [-0.39, 0.29) is 0 Å². The Hall–Kier alpha value is -2.22. The molecule has 3 N–H and O–H groups in total. The standard InChI is InChI=1S/C13H21N7O/c1-4-6-13(2,21)9-15-11-17-10(14-3)18-12(19-11)20-8-5-7-16-20/h5,7-8,21H,4,6,9H2,1-3H3,(H2,14,15,17,18,19). The van der Waals surface area contributed by atoms with E-state index in [1.54, 1.807) is 37.1 Å². The van der Waals surface area contributed by atoms with Crippen LogP contribution >= 0.6 is 0 Å². The Morgan fingerprint density at radius 1 is 1.29 bits per heavy atom. The topological polar surface area (TPSA) is 101 Å². The molecule has 2 aromatic rings. The van der Waals surface area contributed by atoms with Crippen molar-refractivity contribution in [2.24, 2.45) is 0 Å². The van der Waals surface area contributed by atoms with Gasteiger partial charge in [0.2, 0.25) is 11.9 Å². The van der Waals surface area contributed by atoms with Gasteiger partial charge in [-0.05, 0) is 19.4 Å². The highest BCUT2D eigenvalue weighted by Crippen LogP contribution is 2.14. The minimum atomic E-state index is -0.799. The number of rotatable bonds is 7. The Morgan fingerprint density at radius 3 is 2.67 bits per heavy atom. The van der Waals surface area contributed by atoms with E-state index in [1.165, 1.54) is 0 Å². The predicted octanol–water partition coefficient (Wildman–Crippen LogP) is 1.06. The fourth-order valence-electron chi connectivity index (χ4n) is 1.94. The van der Waals surface area contributed by atoms with Crippen LogP contribution in [0.1, 0.15) is 26.7 Å². The van der Waals surface area contributed by atoms with Gasteiger partial charge < -0.3 is 15.7 Å². The number of nitrogens with zero attached hydrogens (tertiary/aromatic N) is 5. The largest absolute Gasteiger partial charge is 0.388 e. The summed E-state index contributed by atoms with van der Waals surface area (Å²) >= 11 is 0. The molecule has 114 valence electrons. The molecule has 2 rings (SSSR count). The van der Waals surface area contributed by atoms with E-state index in [9.17, 15) is 5.11 Å². The highest BCUT2D eigenvalue weighted by molar-refractivity contribution is 5.37. The minimum absolute atomic E-state index is 0.368. The second-order valence-corrected chi connectivity index (χ2v) is 5.08. The average Bonchev–Trinajstić information content (AvgIpc) is 2.99. The second-order valence-electron chi connectivity index (χ2n) is 5.08. The first-order valence-electron chi connectivity index (χ1n) is 6.94. The average molecular weight is 291 g/mol. The van der Waals surface area contributed by atoms with Crippen LogP contribution in [-0.4, -0.2) is 49.0 Å². The lowest BCUT2D eigenvalue weighted by Gasteiger charge is -2.23. The Labute approximate surface area is 123 Å². The molecule has 1 atom stereocenters. The third-order valence-corrected chi connectivity index (χ3v) is 2.97. The quantitative estimate of drug-likeness (QED) is 0.701. The Bertz CT molecular complexity index is 568. The zero-order valence-electron chi connectivity index (χ0n) is 12.5. The summed E-state index contributed by atoms with van der Waals surface area (Å²) in [5.74, 6) is 1.25. The van der Waals surface area contributed by atoms with E-state index in [4.69, 9.17) is 0 Å². The summed E-state index contributed by atoms with van der Waals surface area (Å²) in [4.78, 5) is 12.8. The van der Waals surface area contributed by atoms with Gasteiger partial charge in [-0.3, -0.25) is 0 Å². The Morgan fingerprint density at radius 2 is 2.05 bits per heavy atom. The molecule has 0 saturated carbocycles. The molecule has 0 spiro atoms. The summed E-state index contributed by atoms with van der Waals surface area (Å²) in [6.45, 7) is 4.19. The van der Waals surface area contributed by atoms with Gasteiger partial charge >= 0.3 is 0 Å². The Balaban J connectivity index is 2.18. The summed E-state index contributed by atoms with van der Waals surface area (Å²) in [7, 11) is 1.74. The van der Waals surface area contributed by atoms with Crippen molar-refractivity contribution < 1.29 is 5.11 Å². The summed E-state index contributed by atoms with van der Waals surface area (Å²) in [6, 6.07) is 1.79. The number of aromatic nitrogens is 5. The van der Waals surface area contributed by atoms with Gasteiger partial charge in [0.1, 0.15) is 0 Å². The number of anilines is 2. The first-order chi connectivity index (χ1) is 10.0. The van der Waals surface area contributed by atoms with Crippen LogP contribution in [0.5, 0.6) is 0 Å². The van der Waals surface area contributed by atoms with Crippen molar-refractivity contribution in [3.63, 3.8) is 0 Å². The fraction of sp³-hybridized carbons (Fsp3) is 0.538. The van der Waals surface area contributed by atoms with Gasteiger partial charge in [0.15, 0.2) is 0 Å². The molecule has 0 radical (unpaired) electrons. The molecule has 1 unspecified atom stereocenters. The molecule has 0 amide bonds. The third-order valence-electron chi connectivity index (χ3n) is 2.97. The summed E-state index contributed by atoms with van der Waals surface area (Å²) in [6.07, 6.45) is 5.02. The highest BCUT2D eigenvalue weighted by Gasteiger charge is 2.19. The van der Waals surface area contributed by atoms with E-state index in [2.05, 4.69) is 30.7 Å². The molecule has 0 aliphatic rings. The van der Waals surface area contributed by atoms with Gasteiger partial charge in [-0.1, -0.05) is 13.3 Å². The van der Waals surface area contributed by atoms with Crippen molar-refractivity contribution in [3.8, 4) is 5.95 Å². The summed E-state index contributed by atoms with van der Waals surface area (Å²) < 4.78 is 1.55. The van der Waals surface area contributed by atoms with Crippen molar-refractivity contribution in [2.45, 2.75) is 32.3 Å². The van der Waals surface area contributed by atoms with Gasteiger partial charge in [0.05, 0.1) is 5.60 Å². The third kappa shape index (κ3) is 4.12. The second kappa shape index (κ2) is 6.49. The van der Waals surface area contributed by atoms with Crippen molar-refractivity contribution in [3.05, 3.63) is 18.5 Å². The Kier molecular flexibility index (Phi) is 4.69. The maximum Gasteiger partial charge on any atom is 0.257 e. The van der Waals surface area contributed by atoms with Crippen LogP contribution in [0.15, 0.2) is 18.5 Å². The molecule has 8 heteroatoms. The lowest BCUT2D eigenvalue weighted by Crippen LogP contribution is -2.33. The van der Waals surface area contributed by atoms with Gasteiger partial charge in [-0.2, -0.15) is 20.1 Å². The molecule has 0 bridgehead atoms. The lowest BCUT2D eigenvalue weighted by molar-refractivity contribution is 0.0635. The van der Waals surface area contributed by atoms with Crippen LogP contribution in [0.3, 0.4) is 0 Å². The summed E-state index contributed by atoms with van der Waals surface area (Å²) in [5, 5.41) is 20.2. The zero-order valence-corrected chi connectivity index (χ0v) is 12.5. The van der Waals surface area contributed by atoms with Crippen molar-refractivity contribution in [1.82, 2.24) is 24.7 Å². The van der Waals surface area contributed by atoms with Gasteiger partial charge in [-0.15, -0.1) is 0 Å². The van der Waals surface area contributed by atoms with E-state index in [0.29, 0.717) is 30.8 Å². The summed E-state index contributed by atoms with van der Waals surface area (Å²) in [5.41, 5.74) is -0.799. The molecule has 21 heavy (non-hydrogen) atoms. The molecule has 2 heterocycles. The SMILES string of the molecule is CCCC(C)(O)CNc1nc(NC)nc(-n2cccn2)n1. The van der Waals surface area contributed by atoms with Gasteiger partial charge in [0.25, 0.3) is 5.95 Å².